The van der Waals surface area contributed by atoms with Crippen LogP contribution in [-0.2, 0) is 9.59 Å². The molecule has 0 aromatic heterocycles. The summed E-state index contributed by atoms with van der Waals surface area (Å²) >= 11 is 0. The number of carboxylic acid groups (broad SMARTS) is 2. The van der Waals surface area contributed by atoms with Gasteiger partial charge >= 0.3 is 11.9 Å². The van der Waals surface area contributed by atoms with Crippen molar-refractivity contribution in [1.29, 1.82) is 0 Å². The zero-order chi connectivity index (χ0) is 12.9. The minimum atomic E-state index is -1.48. The second-order valence-corrected chi connectivity index (χ2v) is 3.25. The second kappa shape index (κ2) is 6.04. The molecule has 16 heavy (non-hydrogen) atoms. The molecule has 0 aromatic carbocycles. The molecule has 0 aliphatic rings. The van der Waals surface area contributed by atoms with E-state index in [0.29, 0.717) is 0 Å². The van der Waals surface area contributed by atoms with Gasteiger partial charge in [-0.15, -0.1) is 0 Å². The van der Waals surface area contributed by atoms with Crippen molar-refractivity contribution < 1.29 is 30.0 Å². The molecule has 0 amide bonds. The molecule has 0 rings (SSSR count). The SMILES string of the molecule is CC(O)C=C(C(=O)O)C(=CC(C)O)C(=O)O. The number of hydrogen-bond acceptors (Lipinski definition) is 4. The van der Waals surface area contributed by atoms with Crippen LogP contribution >= 0.6 is 0 Å². The number of aliphatic hydroxyl groups excluding tert-OH is 2. The van der Waals surface area contributed by atoms with Crippen LogP contribution in [0.3, 0.4) is 0 Å². The van der Waals surface area contributed by atoms with Gasteiger partial charge in [0.05, 0.1) is 23.4 Å². The zero-order valence-corrected chi connectivity index (χ0v) is 8.91. The van der Waals surface area contributed by atoms with Crippen LogP contribution in [0.4, 0.5) is 0 Å². The smallest absolute Gasteiger partial charge is 0.336 e. The van der Waals surface area contributed by atoms with Gasteiger partial charge in [0, 0.05) is 0 Å². The lowest BCUT2D eigenvalue weighted by Crippen LogP contribution is -2.15. The molecule has 2 unspecified atom stereocenters. The fourth-order valence-electron chi connectivity index (χ4n) is 1.03. The molecular weight excluding hydrogens is 216 g/mol. The Kier molecular flexibility index (Phi) is 5.41. The fraction of sp³-hybridized carbons (Fsp3) is 0.400. The Hall–Kier alpha value is -1.66. The third kappa shape index (κ3) is 4.72. The molecule has 0 aliphatic carbocycles. The van der Waals surface area contributed by atoms with Crippen molar-refractivity contribution in [2.45, 2.75) is 26.1 Å². The minimum absolute atomic E-state index is 0.552. The van der Waals surface area contributed by atoms with Gasteiger partial charge in [-0.2, -0.15) is 0 Å². The van der Waals surface area contributed by atoms with Crippen molar-refractivity contribution in [3.63, 3.8) is 0 Å². The summed E-state index contributed by atoms with van der Waals surface area (Å²) in [7, 11) is 0. The molecule has 0 saturated heterocycles. The maximum atomic E-state index is 10.8. The lowest BCUT2D eigenvalue weighted by atomic mass is 10.0. The third-order valence-electron chi connectivity index (χ3n) is 1.57. The topological polar surface area (TPSA) is 115 Å². The van der Waals surface area contributed by atoms with E-state index in [0.717, 1.165) is 12.2 Å². The van der Waals surface area contributed by atoms with Gasteiger partial charge in [0.2, 0.25) is 0 Å². The van der Waals surface area contributed by atoms with Crippen LogP contribution in [-0.4, -0.2) is 44.6 Å². The first-order valence-electron chi connectivity index (χ1n) is 4.52. The van der Waals surface area contributed by atoms with Crippen LogP contribution in [0.5, 0.6) is 0 Å². The molecule has 0 heterocycles. The van der Waals surface area contributed by atoms with Crippen LogP contribution < -0.4 is 0 Å². The molecule has 2 atom stereocenters. The first-order chi connectivity index (χ1) is 7.25. The van der Waals surface area contributed by atoms with E-state index >= 15 is 0 Å². The Morgan fingerprint density at radius 1 is 0.875 bits per heavy atom. The number of aliphatic carboxylic acids is 2. The summed E-state index contributed by atoms with van der Waals surface area (Å²) in [5.41, 5.74) is -1.10. The fourth-order valence-corrected chi connectivity index (χ4v) is 1.03. The summed E-state index contributed by atoms with van der Waals surface area (Å²) in [6, 6.07) is 0. The van der Waals surface area contributed by atoms with E-state index in [9.17, 15) is 9.59 Å². The van der Waals surface area contributed by atoms with Crippen molar-refractivity contribution in [2.24, 2.45) is 0 Å². The molecular formula is C10H14O6. The molecule has 0 aromatic rings. The number of hydrogen-bond donors (Lipinski definition) is 4. The van der Waals surface area contributed by atoms with Gasteiger partial charge in [-0.05, 0) is 26.0 Å². The molecule has 0 fully saturated rings. The summed E-state index contributed by atoms with van der Waals surface area (Å²) in [6.07, 6.45) is -0.402. The Morgan fingerprint density at radius 3 is 1.25 bits per heavy atom. The summed E-state index contributed by atoms with van der Waals surface area (Å²) in [5.74, 6) is -2.95. The predicted octanol–water partition coefficient (Wildman–Crippen LogP) is -0.230. The lowest BCUT2D eigenvalue weighted by molar-refractivity contribution is -0.136. The largest absolute Gasteiger partial charge is 0.478 e. The summed E-state index contributed by atoms with van der Waals surface area (Å²) in [6.45, 7) is 2.59. The Bertz CT molecular complexity index is 303. The highest BCUT2D eigenvalue weighted by Crippen LogP contribution is 2.13. The highest BCUT2D eigenvalue weighted by atomic mass is 16.4. The molecule has 0 radical (unpaired) electrons. The van der Waals surface area contributed by atoms with Crippen LogP contribution in [0.25, 0.3) is 0 Å². The first kappa shape index (κ1) is 14.3. The van der Waals surface area contributed by atoms with Gasteiger partial charge in [-0.25, -0.2) is 9.59 Å². The molecule has 90 valence electrons. The normalized spacial score (nSPS) is 16.8. The Morgan fingerprint density at radius 2 is 1.12 bits per heavy atom. The van der Waals surface area contributed by atoms with Gasteiger partial charge in [-0.1, -0.05) is 0 Å². The molecule has 0 bridgehead atoms. The van der Waals surface area contributed by atoms with Crippen molar-refractivity contribution in [3.05, 3.63) is 23.3 Å². The number of carbonyl (C=O) groups is 2. The third-order valence-corrected chi connectivity index (χ3v) is 1.57. The van der Waals surface area contributed by atoms with E-state index < -0.39 is 35.3 Å². The summed E-state index contributed by atoms with van der Waals surface area (Å²) < 4.78 is 0. The van der Waals surface area contributed by atoms with E-state index in [1.807, 2.05) is 0 Å². The summed E-state index contributed by atoms with van der Waals surface area (Å²) in [5, 5.41) is 35.6. The Balaban J connectivity index is 5.46. The standard InChI is InChI=1S/C10H14O6/c1-5(11)3-7(9(13)14)8(10(15)16)4-6(2)12/h3-6,11-12H,1-2H3,(H,13,14)(H,15,16). The van der Waals surface area contributed by atoms with Gasteiger partial charge in [0.1, 0.15) is 0 Å². The van der Waals surface area contributed by atoms with Crippen molar-refractivity contribution >= 4 is 11.9 Å². The number of aliphatic hydroxyl groups is 2. The zero-order valence-electron chi connectivity index (χ0n) is 8.91. The average molecular weight is 230 g/mol. The maximum Gasteiger partial charge on any atom is 0.336 e. The van der Waals surface area contributed by atoms with Crippen molar-refractivity contribution in [3.8, 4) is 0 Å². The molecule has 0 spiro atoms. The van der Waals surface area contributed by atoms with Crippen LogP contribution in [0, 0.1) is 0 Å². The lowest BCUT2D eigenvalue weighted by Gasteiger charge is -2.06. The average Bonchev–Trinajstić information content (AvgIpc) is 2.09. The predicted molar refractivity (Wildman–Crippen MR) is 54.8 cm³/mol. The van der Waals surface area contributed by atoms with E-state index in [1.54, 1.807) is 0 Å². The van der Waals surface area contributed by atoms with E-state index in [1.165, 1.54) is 13.8 Å². The number of rotatable bonds is 5. The molecule has 0 saturated carbocycles. The van der Waals surface area contributed by atoms with Crippen molar-refractivity contribution in [1.82, 2.24) is 0 Å². The molecule has 6 heteroatoms. The van der Waals surface area contributed by atoms with Gasteiger partial charge in [0.15, 0.2) is 0 Å². The molecule has 6 nitrogen and oxygen atoms in total. The second-order valence-electron chi connectivity index (χ2n) is 3.25. The summed E-state index contributed by atoms with van der Waals surface area (Å²) in [4.78, 5) is 21.6. The van der Waals surface area contributed by atoms with Crippen molar-refractivity contribution in [2.75, 3.05) is 0 Å². The number of carboxylic acids is 2. The van der Waals surface area contributed by atoms with Crippen LogP contribution in [0.1, 0.15) is 13.8 Å². The monoisotopic (exact) mass is 230 g/mol. The van der Waals surface area contributed by atoms with E-state index in [2.05, 4.69) is 0 Å². The van der Waals surface area contributed by atoms with E-state index in [4.69, 9.17) is 20.4 Å². The minimum Gasteiger partial charge on any atom is -0.478 e. The van der Waals surface area contributed by atoms with Gasteiger partial charge < -0.3 is 20.4 Å². The van der Waals surface area contributed by atoms with E-state index in [-0.39, 0.29) is 0 Å². The highest BCUT2D eigenvalue weighted by Gasteiger charge is 2.20. The van der Waals surface area contributed by atoms with Gasteiger partial charge in [-0.3, -0.25) is 0 Å². The highest BCUT2D eigenvalue weighted by molar-refractivity contribution is 6.05. The first-order valence-corrected chi connectivity index (χ1v) is 4.52. The molecule has 4 N–H and O–H groups in total. The van der Waals surface area contributed by atoms with Gasteiger partial charge in [0.25, 0.3) is 0 Å². The quantitative estimate of drug-likeness (QED) is 0.383. The molecule has 0 aliphatic heterocycles. The van der Waals surface area contributed by atoms with Crippen LogP contribution in [0.15, 0.2) is 23.3 Å². The van der Waals surface area contributed by atoms with Crippen LogP contribution in [0.2, 0.25) is 0 Å². The Labute approximate surface area is 92.1 Å². The maximum absolute atomic E-state index is 10.8.